The second kappa shape index (κ2) is 29.4. The highest BCUT2D eigenvalue weighted by Gasteiger charge is 2.53. The first kappa shape index (κ1) is 66.5. The zero-order valence-electron chi connectivity index (χ0n) is 51.8. The summed E-state index contributed by atoms with van der Waals surface area (Å²) in [5, 5.41) is 0. The van der Waals surface area contributed by atoms with Crippen molar-refractivity contribution in [2.75, 3.05) is 0 Å². The molecule has 0 saturated carbocycles. The first-order chi connectivity index (χ1) is 37.2. The molecule has 0 heterocycles. The maximum atomic E-state index is 3.81. The standard InChI is InChI=1S/C29H22Br2.C29H23Br.8C2H6/c1-15-5-7-19-20-8-6-16(2)10-24(20)29(23(19)9-15)25-11-17(3)27(30)13-21(25)22-14-28(31)18(4)12-26(22)29;1-16-5-8-20-21-9-6-17(2)12-25(21)29(24(20)11-16)26-13-18(3)7-10-22(26)23-15-28(30)19(4)14-27(23)29;8*1-2/h5-14H,1-4H3;5-15H,1-4H3;8*1-2H3. The topological polar surface area (TPSA) is 0 Å². The molecule has 8 aromatic carbocycles. The molecule has 0 unspecified atom stereocenters. The molecule has 8 aromatic rings. The highest BCUT2D eigenvalue weighted by atomic mass is 79.9. The third kappa shape index (κ3) is 11.5. The molecule has 4 aliphatic carbocycles. The zero-order valence-corrected chi connectivity index (χ0v) is 56.5. The number of hydrogen-bond donors (Lipinski definition) is 0. The Bertz CT molecular complexity index is 3110. The van der Waals surface area contributed by atoms with Crippen LogP contribution in [0.15, 0.2) is 141 Å². The minimum absolute atomic E-state index is 0.245. The van der Waals surface area contributed by atoms with Crippen molar-refractivity contribution in [3.05, 3.63) is 230 Å². The fourth-order valence-corrected chi connectivity index (χ4v) is 12.4. The molecule has 3 heteroatoms. The number of aryl methyl sites for hydroxylation is 8. The monoisotopic (exact) mass is 1220 g/mol. The molecule has 4 aliphatic rings. The number of rotatable bonds is 0. The van der Waals surface area contributed by atoms with Crippen LogP contribution in [-0.2, 0) is 10.8 Å². The lowest BCUT2D eigenvalue weighted by Crippen LogP contribution is -2.26. The second-order valence-electron chi connectivity index (χ2n) is 18.2. The van der Waals surface area contributed by atoms with Crippen LogP contribution >= 0.6 is 47.8 Å². The summed E-state index contributed by atoms with van der Waals surface area (Å²) < 4.78 is 3.51. The van der Waals surface area contributed by atoms with E-state index < -0.39 is 0 Å². The summed E-state index contributed by atoms with van der Waals surface area (Å²) in [6.07, 6.45) is 0. The van der Waals surface area contributed by atoms with Crippen molar-refractivity contribution >= 4 is 47.8 Å². The Balaban J connectivity index is 0.000000323. The molecule has 0 atom stereocenters. The van der Waals surface area contributed by atoms with Crippen LogP contribution in [0.2, 0.25) is 0 Å². The van der Waals surface area contributed by atoms with E-state index >= 15 is 0 Å². The van der Waals surface area contributed by atoms with Crippen molar-refractivity contribution in [1.82, 2.24) is 0 Å². The fourth-order valence-electron chi connectivity index (χ4n) is 11.4. The van der Waals surface area contributed by atoms with E-state index in [2.05, 4.69) is 231 Å². The van der Waals surface area contributed by atoms with Crippen LogP contribution in [0.3, 0.4) is 0 Å². The van der Waals surface area contributed by atoms with Crippen molar-refractivity contribution in [3.8, 4) is 44.5 Å². The van der Waals surface area contributed by atoms with Gasteiger partial charge in [0.2, 0.25) is 0 Å². The third-order valence-electron chi connectivity index (χ3n) is 14.2. The van der Waals surface area contributed by atoms with Crippen molar-refractivity contribution in [2.45, 2.75) is 177 Å². The predicted octanol–water partition coefficient (Wildman–Crippen LogP) is 25.0. The van der Waals surface area contributed by atoms with E-state index in [9.17, 15) is 0 Å². The van der Waals surface area contributed by atoms with Gasteiger partial charge in [0.05, 0.1) is 10.8 Å². The van der Waals surface area contributed by atoms with Crippen LogP contribution in [0.1, 0.15) is 200 Å². The van der Waals surface area contributed by atoms with E-state index in [1.807, 2.05) is 111 Å². The summed E-state index contributed by atoms with van der Waals surface area (Å²) in [6, 6.07) is 49.2. The SMILES string of the molecule is CC.CC.CC.CC.CC.CC.CC.CC.Cc1ccc2c(c1)C1(c3cc(C)ccc3-2)c2cc(C)c(Br)cc2-c2cc(Br)c(C)cc21.Cc1ccc2c(c1)C1(c3cc(C)ccc3-2)c2cc(C)ccc2-c2cc(Br)c(C)cc21. The maximum absolute atomic E-state index is 3.81. The third-order valence-corrected chi connectivity index (χ3v) is 16.7. The molecule has 0 bridgehead atoms. The van der Waals surface area contributed by atoms with Crippen molar-refractivity contribution in [1.29, 1.82) is 0 Å². The van der Waals surface area contributed by atoms with E-state index in [-0.39, 0.29) is 10.8 Å². The van der Waals surface area contributed by atoms with Gasteiger partial charge >= 0.3 is 0 Å². The van der Waals surface area contributed by atoms with Gasteiger partial charge in [-0.2, -0.15) is 0 Å². The smallest absolute Gasteiger partial charge is 0.0683 e. The Morgan fingerprint density at radius 2 is 0.364 bits per heavy atom. The molecule has 0 saturated heterocycles. The quantitative estimate of drug-likeness (QED) is 0.142. The summed E-state index contributed by atoms with van der Waals surface area (Å²) in [6.45, 7) is 49.6. The van der Waals surface area contributed by atoms with Crippen molar-refractivity contribution in [2.24, 2.45) is 0 Å². The molecule has 0 nitrogen and oxygen atoms in total. The average Bonchev–Trinajstić information content (AvgIpc) is 4.17. The molecule has 2 spiro atoms. The minimum Gasteiger partial charge on any atom is -0.0683 e. The number of fused-ring (bicyclic) bond motifs is 20. The normalized spacial score (nSPS) is 12.0. The van der Waals surface area contributed by atoms with Crippen molar-refractivity contribution in [3.63, 3.8) is 0 Å². The van der Waals surface area contributed by atoms with E-state index in [0.29, 0.717) is 0 Å². The Hall–Kier alpha value is -4.80. The van der Waals surface area contributed by atoms with Gasteiger partial charge in [0.1, 0.15) is 0 Å². The Morgan fingerprint density at radius 3 is 0.558 bits per heavy atom. The van der Waals surface area contributed by atoms with Gasteiger partial charge in [-0.15, -0.1) is 0 Å². The molecular weight excluding hydrogens is 1130 g/mol. The molecule has 410 valence electrons. The molecule has 0 aliphatic heterocycles. The first-order valence-electron chi connectivity index (χ1n) is 29.2. The molecular formula is C74H93Br3. The molecule has 0 radical (unpaired) electrons. The van der Waals surface area contributed by atoms with Gasteiger partial charge in [0.15, 0.2) is 0 Å². The van der Waals surface area contributed by atoms with Gasteiger partial charge in [-0.1, -0.05) is 296 Å². The molecule has 0 aromatic heterocycles. The Labute approximate surface area is 495 Å². The summed E-state index contributed by atoms with van der Waals surface area (Å²) in [7, 11) is 0. The lowest BCUT2D eigenvalue weighted by atomic mass is 9.70. The van der Waals surface area contributed by atoms with Gasteiger partial charge in [-0.3, -0.25) is 0 Å². The van der Waals surface area contributed by atoms with Crippen LogP contribution in [0.25, 0.3) is 44.5 Å². The van der Waals surface area contributed by atoms with E-state index in [1.54, 1.807) is 0 Å². The van der Waals surface area contributed by atoms with Crippen molar-refractivity contribution < 1.29 is 0 Å². The van der Waals surface area contributed by atoms with Crippen LogP contribution in [-0.4, -0.2) is 0 Å². The van der Waals surface area contributed by atoms with Gasteiger partial charge in [-0.05, 0) is 179 Å². The molecule has 12 rings (SSSR count). The number of hydrogen-bond acceptors (Lipinski definition) is 0. The zero-order chi connectivity index (χ0) is 58.4. The molecule has 77 heavy (non-hydrogen) atoms. The summed E-state index contributed by atoms with van der Waals surface area (Å²) >= 11 is 11.4. The van der Waals surface area contributed by atoms with Crippen LogP contribution < -0.4 is 0 Å². The predicted molar refractivity (Wildman–Crippen MR) is 357 cm³/mol. The highest BCUT2D eigenvalue weighted by Crippen LogP contribution is 2.65. The van der Waals surface area contributed by atoms with Gasteiger partial charge in [0.25, 0.3) is 0 Å². The van der Waals surface area contributed by atoms with Crippen LogP contribution in [0.5, 0.6) is 0 Å². The lowest BCUT2D eigenvalue weighted by molar-refractivity contribution is 0.789. The van der Waals surface area contributed by atoms with Gasteiger partial charge < -0.3 is 0 Å². The average molecular weight is 1220 g/mol. The number of halogens is 3. The first-order valence-corrected chi connectivity index (χ1v) is 31.6. The fraction of sp³-hybridized carbons (Fsp3) is 0.351. The summed E-state index contributed by atoms with van der Waals surface area (Å²) in [4.78, 5) is 0. The highest BCUT2D eigenvalue weighted by molar-refractivity contribution is 9.11. The Kier molecular flexibility index (Phi) is 25.4. The molecule has 0 N–H and O–H groups in total. The minimum atomic E-state index is -0.274. The summed E-state index contributed by atoms with van der Waals surface area (Å²) in [5.41, 5.74) is 32.0. The van der Waals surface area contributed by atoms with Gasteiger partial charge in [0, 0.05) is 13.4 Å². The second-order valence-corrected chi connectivity index (χ2v) is 20.7. The Morgan fingerprint density at radius 1 is 0.208 bits per heavy atom. The molecule has 0 amide bonds. The summed E-state index contributed by atoms with van der Waals surface area (Å²) in [5.74, 6) is 0. The maximum Gasteiger partial charge on any atom is 0.0725 e. The number of benzene rings is 8. The largest absolute Gasteiger partial charge is 0.0725 e. The van der Waals surface area contributed by atoms with E-state index in [4.69, 9.17) is 0 Å². The van der Waals surface area contributed by atoms with Crippen LogP contribution in [0, 0.1) is 55.4 Å². The van der Waals surface area contributed by atoms with Crippen LogP contribution in [0.4, 0.5) is 0 Å². The van der Waals surface area contributed by atoms with E-state index in [0.717, 1.165) is 8.95 Å². The van der Waals surface area contributed by atoms with E-state index in [1.165, 1.54) is 138 Å². The van der Waals surface area contributed by atoms with Gasteiger partial charge in [-0.25, -0.2) is 0 Å². The lowest BCUT2D eigenvalue weighted by Gasteiger charge is -2.31. The molecule has 0 fully saturated rings.